The lowest BCUT2D eigenvalue weighted by Gasteiger charge is -2.18. The van der Waals surface area contributed by atoms with Crippen LogP contribution in [0.1, 0.15) is 34.6 Å². The van der Waals surface area contributed by atoms with E-state index in [-0.39, 0.29) is 18.5 Å². The van der Waals surface area contributed by atoms with Gasteiger partial charge in [-0.1, -0.05) is 34.2 Å². The number of carbonyl (C=O) groups is 2. The second-order valence-corrected chi connectivity index (χ2v) is 6.88. The van der Waals surface area contributed by atoms with Gasteiger partial charge in [0.05, 0.1) is 18.0 Å². The van der Waals surface area contributed by atoms with Gasteiger partial charge in [0, 0.05) is 6.08 Å². The molecule has 6 nitrogen and oxygen atoms in total. The minimum Gasteiger partial charge on any atom is -0.457 e. The number of rotatable bonds is 10. The van der Waals surface area contributed by atoms with Crippen LogP contribution >= 0.6 is 15.9 Å². The Kier molecular flexibility index (Phi) is 11.1. The van der Waals surface area contributed by atoms with Gasteiger partial charge in [0.25, 0.3) is 0 Å². The second kappa shape index (κ2) is 11.9. The van der Waals surface area contributed by atoms with Gasteiger partial charge in [0.1, 0.15) is 5.60 Å². The fourth-order valence-electron chi connectivity index (χ4n) is 1.36. The molecule has 25 heavy (non-hydrogen) atoms. The number of carbonyl (C=O) groups excluding carboxylic acids is 2. The second-order valence-electron chi connectivity index (χ2n) is 6.23. The standard InChI is InChI=1S/C18H27BrO6/c1-13(2)23-17(21)14(3)24-16(12-19)22-11-9-7-8-10-15(20)25-18(4,5)6/h7-10,13,16H,3,11-12H2,1-2,4-6H3/b9-7+,10-8+/t16-/m1/s1. The molecule has 0 aromatic rings. The summed E-state index contributed by atoms with van der Waals surface area (Å²) in [6, 6.07) is 0. The van der Waals surface area contributed by atoms with E-state index in [0.717, 1.165) is 0 Å². The van der Waals surface area contributed by atoms with E-state index in [2.05, 4.69) is 22.5 Å². The van der Waals surface area contributed by atoms with E-state index in [1.165, 1.54) is 6.08 Å². The zero-order chi connectivity index (χ0) is 19.5. The van der Waals surface area contributed by atoms with E-state index in [0.29, 0.717) is 5.33 Å². The number of hydrogen-bond acceptors (Lipinski definition) is 6. The molecule has 0 bridgehead atoms. The molecule has 1 atom stereocenters. The van der Waals surface area contributed by atoms with E-state index < -0.39 is 23.8 Å². The highest BCUT2D eigenvalue weighted by atomic mass is 79.9. The van der Waals surface area contributed by atoms with E-state index in [1.54, 1.807) is 52.8 Å². The van der Waals surface area contributed by atoms with Crippen molar-refractivity contribution in [2.75, 3.05) is 11.9 Å². The smallest absolute Gasteiger partial charge is 0.373 e. The molecule has 0 aliphatic carbocycles. The molecule has 0 aromatic carbocycles. The number of halogens is 1. The molecule has 142 valence electrons. The van der Waals surface area contributed by atoms with Gasteiger partial charge >= 0.3 is 11.9 Å². The van der Waals surface area contributed by atoms with Gasteiger partial charge < -0.3 is 18.9 Å². The van der Waals surface area contributed by atoms with Crippen molar-refractivity contribution in [3.8, 4) is 0 Å². The molecule has 0 aliphatic rings. The summed E-state index contributed by atoms with van der Waals surface area (Å²) in [6.07, 6.45) is 5.28. The lowest BCUT2D eigenvalue weighted by molar-refractivity contribution is -0.155. The number of alkyl halides is 1. The lowest BCUT2D eigenvalue weighted by Crippen LogP contribution is -2.23. The van der Waals surface area contributed by atoms with Crippen LogP contribution < -0.4 is 0 Å². The Bertz CT molecular complexity index is 502. The SMILES string of the molecule is C=C(O[C@H](CBr)OC/C=C/C=C/C(=O)OC(C)(C)C)C(=O)OC(C)C. The monoisotopic (exact) mass is 418 g/mol. The zero-order valence-corrected chi connectivity index (χ0v) is 17.0. The van der Waals surface area contributed by atoms with Crippen molar-refractivity contribution in [2.45, 2.75) is 52.6 Å². The van der Waals surface area contributed by atoms with Crippen LogP contribution in [-0.4, -0.2) is 41.9 Å². The van der Waals surface area contributed by atoms with Crippen molar-refractivity contribution in [3.63, 3.8) is 0 Å². The largest absolute Gasteiger partial charge is 0.457 e. The van der Waals surface area contributed by atoms with Crippen molar-refractivity contribution in [3.05, 3.63) is 36.6 Å². The molecule has 7 heteroatoms. The number of ether oxygens (including phenoxy) is 4. The molecule has 0 heterocycles. The van der Waals surface area contributed by atoms with E-state index in [9.17, 15) is 9.59 Å². The molecule has 0 saturated carbocycles. The first-order valence-electron chi connectivity index (χ1n) is 7.85. The topological polar surface area (TPSA) is 71.1 Å². The maximum absolute atomic E-state index is 11.6. The number of hydrogen-bond donors (Lipinski definition) is 0. The van der Waals surface area contributed by atoms with Crippen molar-refractivity contribution < 1.29 is 28.5 Å². The van der Waals surface area contributed by atoms with Crippen LogP contribution in [0.25, 0.3) is 0 Å². The summed E-state index contributed by atoms with van der Waals surface area (Å²) in [4.78, 5) is 23.1. The van der Waals surface area contributed by atoms with Gasteiger partial charge in [-0.3, -0.25) is 0 Å². The van der Waals surface area contributed by atoms with Gasteiger partial charge in [-0.15, -0.1) is 0 Å². The number of esters is 2. The molecule has 0 amide bonds. The fraction of sp³-hybridized carbons (Fsp3) is 0.556. The molecule has 0 N–H and O–H groups in total. The first-order chi connectivity index (χ1) is 11.5. The molecular weight excluding hydrogens is 392 g/mol. The molecule has 0 spiro atoms. The Labute approximate surface area is 158 Å². The molecule has 0 radical (unpaired) electrons. The van der Waals surface area contributed by atoms with E-state index in [1.807, 2.05) is 0 Å². The minimum atomic E-state index is -0.688. The molecule has 0 unspecified atom stereocenters. The van der Waals surface area contributed by atoms with Crippen molar-refractivity contribution >= 4 is 27.9 Å². The average molecular weight is 419 g/mol. The van der Waals surface area contributed by atoms with E-state index in [4.69, 9.17) is 18.9 Å². The first-order valence-corrected chi connectivity index (χ1v) is 8.97. The van der Waals surface area contributed by atoms with Gasteiger partial charge in [0.2, 0.25) is 12.0 Å². The summed E-state index contributed by atoms with van der Waals surface area (Å²) >= 11 is 3.23. The lowest BCUT2D eigenvalue weighted by atomic mass is 10.2. The van der Waals surface area contributed by atoms with Crippen molar-refractivity contribution in [1.29, 1.82) is 0 Å². The molecule has 0 aliphatic heterocycles. The summed E-state index contributed by atoms with van der Waals surface area (Å²) in [5.41, 5.74) is -0.520. The summed E-state index contributed by atoms with van der Waals surface area (Å²) in [5.74, 6) is -1.16. The average Bonchev–Trinajstić information content (AvgIpc) is 2.46. The summed E-state index contributed by atoms with van der Waals surface area (Å²) < 4.78 is 20.8. The van der Waals surface area contributed by atoms with Crippen LogP contribution in [0.2, 0.25) is 0 Å². The van der Waals surface area contributed by atoms with Crippen LogP contribution in [0.4, 0.5) is 0 Å². The predicted octanol–water partition coefficient (Wildman–Crippen LogP) is 3.66. The number of allylic oxidation sites excluding steroid dienone is 2. The first kappa shape index (κ1) is 23.4. The molecule has 0 saturated heterocycles. The third kappa shape index (κ3) is 13.4. The zero-order valence-electron chi connectivity index (χ0n) is 15.4. The molecular formula is C18H27BrO6. The molecule has 0 aromatic heterocycles. The van der Waals surface area contributed by atoms with Gasteiger partial charge in [-0.25, -0.2) is 9.59 Å². The van der Waals surface area contributed by atoms with Gasteiger partial charge in [-0.2, -0.15) is 0 Å². The van der Waals surface area contributed by atoms with Gasteiger partial charge in [0.15, 0.2) is 0 Å². The Morgan fingerprint density at radius 3 is 2.32 bits per heavy atom. The highest BCUT2D eigenvalue weighted by Gasteiger charge is 2.17. The third-order valence-electron chi connectivity index (χ3n) is 2.23. The van der Waals surface area contributed by atoms with Crippen LogP contribution in [0, 0.1) is 0 Å². The van der Waals surface area contributed by atoms with Crippen LogP contribution in [0.5, 0.6) is 0 Å². The third-order valence-corrected chi connectivity index (χ3v) is 2.76. The quantitative estimate of drug-likeness (QED) is 0.134. The van der Waals surface area contributed by atoms with Crippen LogP contribution in [0.15, 0.2) is 36.6 Å². The highest BCUT2D eigenvalue weighted by Crippen LogP contribution is 2.09. The predicted molar refractivity (Wildman–Crippen MR) is 99.1 cm³/mol. The highest BCUT2D eigenvalue weighted by molar-refractivity contribution is 9.09. The van der Waals surface area contributed by atoms with Gasteiger partial charge in [-0.05, 0) is 41.2 Å². The molecule has 0 rings (SSSR count). The molecule has 0 fully saturated rings. The van der Waals surface area contributed by atoms with Crippen LogP contribution in [0.3, 0.4) is 0 Å². The normalized spacial score (nSPS) is 13.2. The minimum absolute atomic E-state index is 0.119. The Morgan fingerprint density at radius 2 is 1.80 bits per heavy atom. The Morgan fingerprint density at radius 1 is 1.16 bits per heavy atom. The fourth-order valence-corrected chi connectivity index (χ4v) is 1.68. The van der Waals surface area contributed by atoms with Crippen molar-refractivity contribution in [1.82, 2.24) is 0 Å². The van der Waals surface area contributed by atoms with Crippen molar-refractivity contribution in [2.24, 2.45) is 0 Å². The summed E-state index contributed by atoms with van der Waals surface area (Å²) in [7, 11) is 0. The van der Waals surface area contributed by atoms with Crippen LogP contribution in [-0.2, 0) is 28.5 Å². The summed E-state index contributed by atoms with van der Waals surface area (Å²) in [5, 5.41) is 0.350. The summed E-state index contributed by atoms with van der Waals surface area (Å²) in [6.45, 7) is 12.6. The van der Waals surface area contributed by atoms with E-state index >= 15 is 0 Å². The Balaban J connectivity index is 4.21. The Hall–Kier alpha value is -1.60. The maximum Gasteiger partial charge on any atom is 0.373 e. The maximum atomic E-state index is 11.6.